The van der Waals surface area contributed by atoms with Crippen LogP contribution in [0.3, 0.4) is 0 Å². The fourth-order valence-electron chi connectivity index (χ4n) is 3.09. The van der Waals surface area contributed by atoms with Gasteiger partial charge in [-0.2, -0.15) is 4.31 Å². The lowest BCUT2D eigenvalue weighted by Crippen LogP contribution is -2.40. The lowest BCUT2D eigenvalue weighted by atomic mass is 10.1. The van der Waals surface area contributed by atoms with Crippen molar-refractivity contribution in [2.24, 2.45) is 0 Å². The average molecular weight is 365 g/mol. The molecular formula is C16H15NO5S2. The molecular weight excluding hydrogens is 350 g/mol. The summed E-state index contributed by atoms with van der Waals surface area (Å²) in [4.78, 5) is 0.276. The van der Waals surface area contributed by atoms with E-state index in [1.165, 1.54) is 16.4 Å². The van der Waals surface area contributed by atoms with Gasteiger partial charge in [0, 0.05) is 24.2 Å². The van der Waals surface area contributed by atoms with E-state index in [1.807, 2.05) is 0 Å². The number of sulfone groups is 1. The molecule has 0 aromatic heterocycles. The predicted molar refractivity (Wildman–Crippen MR) is 86.9 cm³/mol. The molecule has 4 rings (SSSR count). The molecule has 0 bridgehead atoms. The topological polar surface area (TPSA) is 80.8 Å². The molecule has 2 aliphatic heterocycles. The lowest BCUT2D eigenvalue weighted by Gasteiger charge is -2.26. The molecule has 0 amide bonds. The Labute approximate surface area is 140 Å². The zero-order chi connectivity index (χ0) is 16.9. The van der Waals surface area contributed by atoms with Crippen molar-refractivity contribution in [1.82, 2.24) is 4.31 Å². The number of morpholine rings is 1. The first kappa shape index (κ1) is 15.8. The Bertz CT molecular complexity index is 1020. The molecule has 2 aromatic rings. The zero-order valence-corrected chi connectivity index (χ0v) is 14.3. The van der Waals surface area contributed by atoms with Gasteiger partial charge in [-0.15, -0.1) is 0 Å². The van der Waals surface area contributed by atoms with Crippen LogP contribution >= 0.6 is 0 Å². The summed E-state index contributed by atoms with van der Waals surface area (Å²) in [6, 6.07) is 11.0. The number of ether oxygens (including phenoxy) is 1. The first-order valence-corrected chi connectivity index (χ1v) is 10.4. The maximum absolute atomic E-state index is 12.7. The molecule has 0 unspecified atom stereocenters. The third kappa shape index (κ3) is 2.21. The van der Waals surface area contributed by atoms with Gasteiger partial charge in [-0.1, -0.05) is 24.3 Å². The second-order valence-corrected chi connectivity index (χ2v) is 9.50. The van der Waals surface area contributed by atoms with Gasteiger partial charge in [0.15, 0.2) is 0 Å². The molecule has 0 atom stereocenters. The Morgan fingerprint density at radius 1 is 0.917 bits per heavy atom. The normalized spacial score (nSPS) is 19.7. The monoisotopic (exact) mass is 365 g/mol. The van der Waals surface area contributed by atoms with Crippen LogP contribution in [0.4, 0.5) is 0 Å². The molecule has 1 fully saturated rings. The standard InChI is InChI=1S/C16H15NO5S2/c18-23(19)15-4-2-1-3-13(15)14-6-5-12(11-16(14)23)24(20,21)17-7-9-22-10-8-17/h1-6,11H,7-10H2. The minimum absolute atomic E-state index is 0.000434. The Morgan fingerprint density at radius 2 is 1.58 bits per heavy atom. The number of sulfonamides is 1. The van der Waals surface area contributed by atoms with E-state index in [9.17, 15) is 16.8 Å². The minimum atomic E-state index is -3.73. The van der Waals surface area contributed by atoms with E-state index in [0.29, 0.717) is 24.3 Å². The van der Waals surface area contributed by atoms with Crippen molar-refractivity contribution in [3.63, 3.8) is 0 Å². The van der Waals surface area contributed by atoms with Gasteiger partial charge in [-0.05, 0) is 18.2 Å². The first-order valence-electron chi connectivity index (χ1n) is 7.49. The van der Waals surface area contributed by atoms with Crippen LogP contribution in [-0.2, 0) is 24.6 Å². The summed E-state index contributed by atoms with van der Waals surface area (Å²) in [5.41, 5.74) is 1.16. The van der Waals surface area contributed by atoms with Gasteiger partial charge in [-0.3, -0.25) is 0 Å². The fourth-order valence-corrected chi connectivity index (χ4v) is 6.31. The number of fused-ring (bicyclic) bond motifs is 3. The van der Waals surface area contributed by atoms with Gasteiger partial charge in [0.1, 0.15) is 0 Å². The summed E-state index contributed by atoms with van der Waals surface area (Å²) in [6.45, 7) is 1.22. The fraction of sp³-hybridized carbons (Fsp3) is 0.250. The molecule has 2 aliphatic rings. The van der Waals surface area contributed by atoms with Gasteiger partial charge >= 0.3 is 0 Å². The van der Waals surface area contributed by atoms with Crippen LogP contribution in [0.5, 0.6) is 0 Å². The summed E-state index contributed by atoms with van der Waals surface area (Å²) in [7, 11) is -7.42. The molecule has 0 aliphatic carbocycles. The third-order valence-electron chi connectivity index (χ3n) is 4.32. The van der Waals surface area contributed by atoms with E-state index < -0.39 is 19.9 Å². The van der Waals surface area contributed by atoms with Gasteiger partial charge < -0.3 is 4.74 Å². The Morgan fingerprint density at radius 3 is 2.33 bits per heavy atom. The Balaban J connectivity index is 1.85. The van der Waals surface area contributed by atoms with Crippen LogP contribution < -0.4 is 0 Å². The SMILES string of the molecule is O=S1(=O)c2ccccc2-c2ccc(S(=O)(=O)N3CCOCC3)cc21. The highest BCUT2D eigenvalue weighted by Crippen LogP contribution is 2.43. The van der Waals surface area contributed by atoms with Crippen molar-refractivity contribution in [3.05, 3.63) is 42.5 Å². The molecule has 126 valence electrons. The molecule has 0 radical (unpaired) electrons. The van der Waals surface area contributed by atoms with Gasteiger partial charge in [0.05, 0.1) is 27.9 Å². The second kappa shape index (κ2) is 5.38. The molecule has 1 saturated heterocycles. The molecule has 6 nitrogen and oxygen atoms in total. The van der Waals surface area contributed by atoms with E-state index in [4.69, 9.17) is 4.74 Å². The smallest absolute Gasteiger partial charge is 0.243 e. The number of hydrogen-bond acceptors (Lipinski definition) is 5. The van der Waals surface area contributed by atoms with Crippen molar-refractivity contribution in [3.8, 4) is 11.1 Å². The largest absolute Gasteiger partial charge is 0.379 e. The van der Waals surface area contributed by atoms with Gasteiger partial charge in [-0.25, -0.2) is 16.8 Å². The molecule has 0 spiro atoms. The second-order valence-electron chi connectivity index (χ2n) is 5.67. The Hall–Kier alpha value is -1.74. The minimum Gasteiger partial charge on any atom is -0.379 e. The van der Waals surface area contributed by atoms with Crippen molar-refractivity contribution < 1.29 is 21.6 Å². The van der Waals surface area contributed by atoms with Crippen LogP contribution in [0, 0.1) is 0 Å². The van der Waals surface area contributed by atoms with Crippen molar-refractivity contribution in [2.45, 2.75) is 14.7 Å². The molecule has 2 aromatic carbocycles. The molecule has 2 heterocycles. The number of nitrogens with zero attached hydrogens (tertiary/aromatic N) is 1. The molecule has 24 heavy (non-hydrogen) atoms. The lowest BCUT2D eigenvalue weighted by molar-refractivity contribution is 0.0730. The van der Waals surface area contributed by atoms with E-state index in [1.54, 1.807) is 30.3 Å². The first-order chi connectivity index (χ1) is 11.4. The number of rotatable bonds is 2. The third-order valence-corrected chi connectivity index (χ3v) is 8.06. The summed E-state index contributed by atoms with van der Waals surface area (Å²) in [5.74, 6) is 0. The summed E-state index contributed by atoms with van der Waals surface area (Å²) < 4.78 is 57.4. The van der Waals surface area contributed by atoms with Crippen molar-refractivity contribution in [2.75, 3.05) is 26.3 Å². The van der Waals surface area contributed by atoms with Crippen molar-refractivity contribution >= 4 is 19.9 Å². The Kier molecular flexibility index (Phi) is 3.54. The summed E-state index contributed by atoms with van der Waals surface area (Å²) in [5, 5.41) is 0. The van der Waals surface area contributed by atoms with Gasteiger partial charge in [0.25, 0.3) is 0 Å². The van der Waals surface area contributed by atoms with Gasteiger partial charge in [0.2, 0.25) is 19.9 Å². The quantitative estimate of drug-likeness (QED) is 0.688. The van der Waals surface area contributed by atoms with Crippen LogP contribution in [0.15, 0.2) is 57.2 Å². The summed E-state index contributed by atoms with van der Waals surface area (Å²) in [6.07, 6.45) is 0. The predicted octanol–water partition coefficient (Wildman–Crippen LogP) is 1.52. The van der Waals surface area contributed by atoms with Crippen LogP contribution in [-0.4, -0.2) is 47.4 Å². The highest BCUT2D eigenvalue weighted by molar-refractivity contribution is 7.92. The number of benzene rings is 2. The highest BCUT2D eigenvalue weighted by atomic mass is 32.2. The van der Waals surface area contributed by atoms with Crippen molar-refractivity contribution in [1.29, 1.82) is 0 Å². The molecule has 0 saturated carbocycles. The molecule has 8 heteroatoms. The average Bonchev–Trinajstić information content (AvgIpc) is 2.84. The summed E-state index contributed by atoms with van der Waals surface area (Å²) >= 11 is 0. The maximum atomic E-state index is 12.7. The van der Waals surface area contributed by atoms with E-state index >= 15 is 0 Å². The van der Waals surface area contributed by atoms with E-state index in [2.05, 4.69) is 0 Å². The van der Waals surface area contributed by atoms with E-state index in [0.717, 1.165) is 0 Å². The van der Waals surface area contributed by atoms with Crippen LogP contribution in [0.1, 0.15) is 0 Å². The molecule has 0 N–H and O–H groups in total. The highest BCUT2D eigenvalue weighted by Gasteiger charge is 2.35. The van der Waals surface area contributed by atoms with E-state index in [-0.39, 0.29) is 27.8 Å². The maximum Gasteiger partial charge on any atom is 0.243 e. The zero-order valence-electron chi connectivity index (χ0n) is 12.7. The number of hydrogen-bond donors (Lipinski definition) is 0. The van der Waals surface area contributed by atoms with Crippen LogP contribution in [0.25, 0.3) is 11.1 Å². The van der Waals surface area contributed by atoms with Crippen LogP contribution in [0.2, 0.25) is 0 Å².